The molecule has 10 heteroatoms. The Morgan fingerprint density at radius 3 is 2.34 bits per heavy atom. The third kappa shape index (κ3) is 6.00. The number of halogens is 1. The first-order valence-electron chi connectivity index (χ1n) is 11.7. The minimum absolute atomic E-state index is 0.0393. The molecule has 0 unspecified atom stereocenters. The summed E-state index contributed by atoms with van der Waals surface area (Å²) in [5.41, 5.74) is 10.2. The van der Waals surface area contributed by atoms with Crippen LogP contribution in [0.1, 0.15) is 42.9 Å². The van der Waals surface area contributed by atoms with Gasteiger partial charge in [-0.25, -0.2) is 14.4 Å². The van der Waals surface area contributed by atoms with E-state index in [9.17, 15) is 19.7 Å². The number of aromatic nitrogens is 2. The number of hydrogen-bond acceptors (Lipinski definition) is 8. The van der Waals surface area contributed by atoms with Crippen molar-refractivity contribution in [1.29, 1.82) is 10.5 Å². The standard InChI is InChI=1S/C28H23FN6OS2/c1-16(2)17-3-5-19(6-4-17)25-21(13-30)26(32)35-27(22(25)14-31)37-12-11-24(36)34-28-33-23(15-38-28)18-7-9-20(29)10-8-18/h3-10,15-16H,11-12H2,1-2H3,(H2,32,35)(H,33,34,36). The van der Waals surface area contributed by atoms with Crippen molar-refractivity contribution in [2.24, 2.45) is 0 Å². The normalized spacial score (nSPS) is 10.7. The summed E-state index contributed by atoms with van der Waals surface area (Å²) in [7, 11) is 0. The number of hydrogen-bond donors (Lipinski definition) is 2. The van der Waals surface area contributed by atoms with E-state index >= 15 is 0 Å². The van der Waals surface area contributed by atoms with Gasteiger partial charge in [0.15, 0.2) is 5.13 Å². The average molecular weight is 543 g/mol. The van der Waals surface area contributed by atoms with Gasteiger partial charge in [0.05, 0.1) is 11.3 Å². The highest BCUT2D eigenvalue weighted by molar-refractivity contribution is 7.99. The SMILES string of the molecule is CC(C)c1ccc(-c2c(C#N)c(N)nc(SCCC(=O)Nc3nc(-c4ccc(F)cc4)cs3)c2C#N)cc1. The van der Waals surface area contributed by atoms with E-state index in [4.69, 9.17) is 5.73 Å². The van der Waals surface area contributed by atoms with Crippen LogP contribution in [0.2, 0.25) is 0 Å². The second-order valence-electron chi connectivity index (χ2n) is 8.62. The van der Waals surface area contributed by atoms with Crippen molar-refractivity contribution >= 4 is 40.0 Å². The molecule has 2 aromatic carbocycles. The molecule has 0 aliphatic carbocycles. The maximum Gasteiger partial charge on any atom is 0.226 e. The molecule has 2 heterocycles. The molecule has 0 atom stereocenters. The lowest BCUT2D eigenvalue weighted by Crippen LogP contribution is -2.12. The third-order valence-electron chi connectivity index (χ3n) is 5.74. The number of nitrogens with one attached hydrogen (secondary N) is 1. The molecule has 0 radical (unpaired) electrons. The largest absolute Gasteiger partial charge is 0.383 e. The molecule has 7 nitrogen and oxygen atoms in total. The number of benzene rings is 2. The Hall–Kier alpha value is -4.25. The van der Waals surface area contributed by atoms with Crippen LogP contribution in [0.4, 0.5) is 15.3 Å². The number of amides is 1. The van der Waals surface area contributed by atoms with Crippen LogP contribution >= 0.6 is 23.1 Å². The smallest absolute Gasteiger partial charge is 0.226 e. The lowest BCUT2D eigenvalue weighted by atomic mass is 9.94. The number of carbonyl (C=O) groups excluding carboxylic acids is 1. The summed E-state index contributed by atoms with van der Waals surface area (Å²) in [6.45, 7) is 4.18. The van der Waals surface area contributed by atoms with Gasteiger partial charge in [0.25, 0.3) is 0 Å². The second-order valence-corrected chi connectivity index (χ2v) is 10.6. The molecule has 0 aliphatic heterocycles. The Balaban J connectivity index is 1.47. The summed E-state index contributed by atoms with van der Waals surface area (Å²) in [6.07, 6.45) is 0.140. The Morgan fingerprint density at radius 2 is 1.71 bits per heavy atom. The summed E-state index contributed by atoms with van der Waals surface area (Å²) in [6, 6.07) is 17.9. The third-order valence-corrected chi connectivity index (χ3v) is 7.47. The highest BCUT2D eigenvalue weighted by Crippen LogP contribution is 2.36. The minimum Gasteiger partial charge on any atom is -0.383 e. The van der Waals surface area contributed by atoms with Crippen LogP contribution in [-0.4, -0.2) is 21.6 Å². The van der Waals surface area contributed by atoms with Crippen LogP contribution < -0.4 is 11.1 Å². The first-order valence-corrected chi connectivity index (χ1v) is 13.5. The fourth-order valence-corrected chi connectivity index (χ4v) is 5.40. The number of nitrogens with zero attached hydrogens (tertiary/aromatic N) is 4. The molecule has 0 saturated heterocycles. The number of rotatable bonds is 8. The summed E-state index contributed by atoms with van der Waals surface area (Å²) in [5, 5.41) is 25.1. The van der Waals surface area contributed by atoms with E-state index in [1.54, 1.807) is 17.5 Å². The molecule has 0 fully saturated rings. The van der Waals surface area contributed by atoms with Crippen LogP contribution in [0.3, 0.4) is 0 Å². The van der Waals surface area contributed by atoms with Gasteiger partial charge in [0, 0.05) is 28.7 Å². The molecule has 4 aromatic rings. The Morgan fingerprint density at radius 1 is 1.05 bits per heavy atom. The number of nitrogen functional groups attached to an aromatic ring is 1. The molecule has 0 aliphatic rings. The zero-order chi connectivity index (χ0) is 27.2. The van der Waals surface area contributed by atoms with Crippen molar-refractivity contribution < 1.29 is 9.18 Å². The molecule has 1 amide bonds. The molecule has 2 aromatic heterocycles. The first kappa shape index (κ1) is 26.8. The molecule has 4 rings (SSSR count). The topological polar surface area (TPSA) is 128 Å². The van der Waals surface area contributed by atoms with Gasteiger partial charge < -0.3 is 11.1 Å². The maximum atomic E-state index is 13.2. The molecular weight excluding hydrogens is 519 g/mol. The van der Waals surface area contributed by atoms with E-state index in [-0.39, 0.29) is 35.1 Å². The first-order chi connectivity index (χ1) is 18.3. The Bertz CT molecular complexity index is 1550. The van der Waals surface area contributed by atoms with E-state index in [0.29, 0.717) is 38.6 Å². The second kappa shape index (κ2) is 11.9. The number of thiazole rings is 1. The van der Waals surface area contributed by atoms with Crippen molar-refractivity contribution in [3.05, 3.63) is 76.4 Å². The number of carbonyl (C=O) groups is 1. The van der Waals surface area contributed by atoms with E-state index in [2.05, 4.69) is 41.3 Å². The zero-order valence-electron chi connectivity index (χ0n) is 20.7. The lowest BCUT2D eigenvalue weighted by Gasteiger charge is -2.14. The van der Waals surface area contributed by atoms with E-state index in [1.165, 1.54) is 35.2 Å². The monoisotopic (exact) mass is 542 g/mol. The number of pyridine rings is 1. The van der Waals surface area contributed by atoms with Gasteiger partial charge in [-0.05, 0) is 41.3 Å². The van der Waals surface area contributed by atoms with Crippen molar-refractivity contribution in [1.82, 2.24) is 9.97 Å². The summed E-state index contributed by atoms with van der Waals surface area (Å²) in [4.78, 5) is 21.2. The van der Waals surface area contributed by atoms with Crippen LogP contribution in [0.5, 0.6) is 0 Å². The van der Waals surface area contributed by atoms with Crippen LogP contribution in [0.25, 0.3) is 22.4 Å². The molecule has 0 spiro atoms. The van der Waals surface area contributed by atoms with Crippen LogP contribution in [0.15, 0.2) is 58.9 Å². The van der Waals surface area contributed by atoms with Crippen molar-refractivity contribution in [2.75, 3.05) is 16.8 Å². The van der Waals surface area contributed by atoms with Crippen molar-refractivity contribution in [3.63, 3.8) is 0 Å². The molecule has 0 saturated carbocycles. The average Bonchev–Trinajstić information content (AvgIpc) is 3.37. The molecular formula is C28H23FN6OS2. The van der Waals surface area contributed by atoms with Gasteiger partial charge in [0.2, 0.25) is 5.91 Å². The quantitative estimate of drug-likeness (QED) is 0.241. The predicted octanol–water partition coefficient (Wildman–Crippen LogP) is 6.58. The number of thioether (sulfide) groups is 1. The predicted molar refractivity (Wildman–Crippen MR) is 149 cm³/mol. The van der Waals surface area contributed by atoms with Crippen LogP contribution in [-0.2, 0) is 4.79 Å². The molecule has 38 heavy (non-hydrogen) atoms. The minimum atomic E-state index is -0.329. The molecule has 190 valence electrons. The van der Waals surface area contributed by atoms with Gasteiger partial charge >= 0.3 is 0 Å². The fourth-order valence-electron chi connectivity index (χ4n) is 3.73. The lowest BCUT2D eigenvalue weighted by molar-refractivity contribution is -0.115. The van der Waals surface area contributed by atoms with Crippen molar-refractivity contribution in [2.45, 2.75) is 31.2 Å². The van der Waals surface area contributed by atoms with Crippen LogP contribution in [0, 0.1) is 28.5 Å². The fraction of sp³-hybridized carbons (Fsp3) is 0.179. The number of nitrogens with two attached hydrogens (primary N) is 1. The summed E-state index contributed by atoms with van der Waals surface area (Å²) >= 11 is 2.50. The highest BCUT2D eigenvalue weighted by Gasteiger charge is 2.21. The van der Waals surface area contributed by atoms with E-state index in [1.807, 2.05) is 24.3 Å². The summed E-state index contributed by atoms with van der Waals surface area (Å²) in [5.74, 6) is 0.137. The zero-order valence-corrected chi connectivity index (χ0v) is 22.3. The van der Waals surface area contributed by atoms with Gasteiger partial charge in [-0.3, -0.25) is 4.79 Å². The Kier molecular flexibility index (Phi) is 8.37. The van der Waals surface area contributed by atoms with E-state index in [0.717, 1.165) is 11.1 Å². The maximum absolute atomic E-state index is 13.2. The number of nitriles is 2. The highest BCUT2D eigenvalue weighted by atomic mass is 32.2. The molecule has 3 N–H and O–H groups in total. The Labute approximate surface area is 228 Å². The molecule has 0 bridgehead atoms. The summed E-state index contributed by atoms with van der Waals surface area (Å²) < 4.78 is 13.2. The number of anilines is 2. The van der Waals surface area contributed by atoms with Gasteiger partial charge in [-0.2, -0.15) is 10.5 Å². The van der Waals surface area contributed by atoms with Gasteiger partial charge in [0.1, 0.15) is 34.4 Å². The van der Waals surface area contributed by atoms with Gasteiger partial charge in [-0.1, -0.05) is 38.1 Å². The van der Waals surface area contributed by atoms with Crippen molar-refractivity contribution in [3.8, 4) is 34.5 Å². The van der Waals surface area contributed by atoms with Gasteiger partial charge in [-0.15, -0.1) is 23.1 Å². The van der Waals surface area contributed by atoms with E-state index < -0.39 is 0 Å².